The smallest absolute Gasteiger partial charge is 0.338 e. The Bertz CT molecular complexity index is 973. The number of rotatable bonds is 6. The summed E-state index contributed by atoms with van der Waals surface area (Å²) in [6.45, 7) is 4.03. The first-order valence-corrected chi connectivity index (χ1v) is 9.28. The van der Waals surface area contributed by atoms with E-state index in [1.54, 1.807) is 19.9 Å². The van der Waals surface area contributed by atoms with Crippen molar-refractivity contribution in [3.05, 3.63) is 82.9 Å². The number of carbonyl (C=O) groups is 2. The summed E-state index contributed by atoms with van der Waals surface area (Å²) >= 11 is 0. The van der Waals surface area contributed by atoms with E-state index in [0.717, 1.165) is 11.1 Å². The lowest BCUT2D eigenvalue weighted by molar-refractivity contribution is 0.0525. The zero-order valence-corrected chi connectivity index (χ0v) is 16.0. The Balaban J connectivity index is 2.16. The lowest BCUT2D eigenvalue weighted by Crippen LogP contribution is -2.05. The quantitative estimate of drug-likeness (QED) is 0.548. The molecule has 0 bridgehead atoms. The molecule has 0 atom stereocenters. The summed E-state index contributed by atoms with van der Waals surface area (Å²) in [4.78, 5) is 25.0. The van der Waals surface area contributed by atoms with E-state index < -0.39 is 11.9 Å². The van der Waals surface area contributed by atoms with Gasteiger partial charge in [-0.05, 0) is 36.6 Å². The third kappa shape index (κ3) is 4.12. The molecule has 4 nitrogen and oxygen atoms in total. The highest BCUT2D eigenvalue weighted by molar-refractivity contribution is 6.09. The second-order valence-electron chi connectivity index (χ2n) is 6.12. The molecule has 1 aromatic rings. The number of ether oxygens (including phenoxy) is 2. The van der Waals surface area contributed by atoms with E-state index in [1.165, 1.54) is 0 Å². The Hall–Kier alpha value is -3.40. The van der Waals surface area contributed by atoms with Gasteiger partial charge in [0, 0.05) is 5.56 Å². The Kier molecular flexibility index (Phi) is 6.22. The second kappa shape index (κ2) is 9.00. The second-order valence-corrected chi connectivity index (χ2v) is 6.12. The molecule has 1 aromatic carbocycles. The summed E-state index contributed by atoms with van der Waals surface area (Å²) in [5.74, 6) is -0.907. The molecule has 0 unspecified atom stereocenters. The summed E-state index contributed by atoms with van der Waals surface area (Å²) in [6, 6.07) is 18.9. The lowest BCUT2D eigenvalue weighted by atomic mass is 10.0. The molecule has 0 saturated carbocycles. The van der Waals surface area contributed by atoms with Crippen LogP contribution in [0.1, 0.15) is 45.7 Å². The average Bonchev–Trinajstić information content (AvgIpc) is 2.96. The Morgan fingerprint density at radius 1 is 0.786 bits per heavy atom. The molecule has 0 aliphatic heterocycles. The minimum absolute atomic E-state index is 0.258. The third-order valence-electron chi connectivity index (χ3n) is 4.30. The average molecular weight is 374 g/mol. The van der Waals surface area contributed by atoms with Gasteiger partial charge in [-0.25, -0.2) is 9.59 Å². The van der Waals surface area contributed by atoms with Crippen molar-refractivity contribution in [1.82, 2.24) is 0 Å². The van der Waals surface area contributed by atoms with Crippen LogP contribution in [0.4, 0.5) is 0 Å². The number of fused-ring (bicyclic) bond motifs is 1. The minimum atomic E-state index is -0.455. The molecule has 0 N–H and O–H groups in total. The van der Waals surface area contributed by atoms with Crippen LogP contribution in [-0.2, 0) is 9.47 Å². The van der Waals surface area contributed by atoms with Crippen LogP contribution in [0.3, 0.4) is 0 Å². The molecular weight excluding hydrogens is 352 g/mol. The van der Waals surface area contributed by atoms with Crippen molar-refractivity contribution in [1.29, 1.82) is 0 Å². The van der Waals surface area contributed by atoms with E-state index in [4.69, 9.17) is 9.47 Å². The first-order chi connectivity index (χ1) is 13.7. The van der Waals surface area contributed by atoms with Gasteiger partial charge in [-0.2, -0.15) is 0 Å². The Labute approximate surface area is 164 Å². The van der Waals surface area contributed by atoms with Crippen molar-refractivity contribution in [2.24, 2.45) is 0 Å². The van der Waals surface area contributed by atoms with Gasteiger partial charge >= 0.3 is 11.9 Å². The van der Waals surface area contributed by atoms with Crippen LogP contribution in [-0.4, -0.2) is 25.2 Å². The first-order valence-electron chi connectivity index (χ1n) is 9.28. The van der Waals surface area contributed by atoms with Gasteiger partial charge < -0.3 is 9.47 Å². The van der Waals surface area contributed by atoms with Crippen LogP contribution < -0.4 is 0 Å². The third-order valence-corrected chi connectivity index (χ3v) is 4.30. The van der Waals surface area contributed by atoms with E-state index in [9.17, 15) is 9.59 Å². The van der Waals surface area contributed by atoms with E-state index in [1.807, 2.05) is 66.7 Å². The molecule has 28 heavy (non-hydrogen) atoms. The molecule has 0 heterocycles. The molecule has 142 valence electrons. The van der Waals surface area contributed by atoms with Crippen molar-refractivity contribution >= 4 is 24.1 Å². The predicted molar refractivity (Wildman–Crippen MR) is 110 cm³/mol. The van der Waals surface area contributed by atoms with Crippen molar-refractivity contribution in [2.45, 2.75) is 13.8 Å². The highest BCUT2D eigenvalue weighted by atomic mass is 16.5. The fourth-order valence-corrected chi connectivity index (χ4v) is 3.09. The summed E-state index contributed by atoms with van der Waals surface area (Å²) < 4.78 is 10.4. The van der Waals surface area contributed by atoms with Crippen LogP contribution in [0.25, 0.3) is 23.3 Å². The summed E-state index contributed by atoms with van der Waals surface area (Å²) in [5.41, 5.74) is 3.94. The number of hydrogen-bond acceptors (Lipinski definition) is 4. The fourth-order valence-electron chi connectivity index (χ4n) is 3.09. The molecular formula is C24H22O4. The van der Waals surface area contributed by atoms with Gasteiger partial charge in [-0.15, -0.1) is 0 Å². The summed E-state index contributed by atoms with van der Waals surface area (Å²) in [5, 5.41) is 0. The van der Waals surface area contributed by atoms with E-state index in [-0.39, 0.29) is 13.2 Å². The molecule has 2 aliphatic carbocycles. The molecule has 0 aromatic heterocycles. The number of carbonyl (C=O) groups excluding carboxylic acids is 2. The Morgan fingerprint density at radius 3 is 2.07 bits per heavy atom. The van der Waals surface area contributed by atoms with Gasteiger partial charge in [-0.1, -0.05) is 66.7 Å². The molecule has 0 spiro atoms. The topological polar surface area (TPSA) is 52.6 Å². The Morgan fingerprint density at radius 2 is 1.39 bits per heavy atom. The molecule has 0 fully saturated rings. The SMILES string of the molecule is CCOC(=O)c1cc(C(=O)OCC)c2c(C=Cc3ccccc3)ccccc1-2. The maximum Gasteiger partial charge on any atom is 0.338 e. The van der Waals surface area contributed by atoms with Crippen LogP contribution in [0.15, 0.2) is 60.7 Å². The molecule has 2 aliphatic rings. The van der Waals surface area contributed by atoms with Crippen molar-refractivity contribution in [3.8, 4) is 11.1 Å². The van der Waals surface area contributed by atoms with Crippen LogP contribution >= 0.6 is 0 Å². The summed E-state index contributed by atoms with van der Waals surface area (Å²) in [6.07, 6.45) is 3.91. The highest BCUT2D eigenvalue weighted by Gasteiger charge is 2.26. The molecule has 3 rings (SSSR count). The molecule has 0 amide bonds. The fraction of sp³-hybridized carbons (Fsp3) is 0.167. The van der Waals surface area contributed by atoms with Crippen LogP contribution in [0.2, 0.25) is 0 Å². The standard InChI is InChI=1S/C24H22O4/c1-3-27-23(25)20-16-21(24(26)28-4-2)22-18(12-8-9-13-19(20)22)15-14-17-10-6-5-7-11-17/h5-16H,3-4H2,1-2H3. The highest BCUT2D eigenvalue weighted by Crippen LogP contribution is 2.36. The number of esters is 2. The normalized spacial score (nSPS) is 10.9. The van der Waals surface area contributed by atoms with Crippen LogP contribution in [0.5, 0.6) is 0 Å². The van der Waals surface area contributed by atoms with E-state index >= 15 is 0 Å². The number of benzene rings is 1. The maximum absolute atomic E-state index is 12.6. The van der Waals surface area contributed by atoms with Crippen molar-refractivity contribution in [2.75, 3.05) is 13.2 Å². The van der Waals surface area contributed by atoms with Gasteiger partial charge in [0.1, 0.15) is 0 Å². The van der Waals surface area contributed by atoms with E-state index in [0.29, 0.717) is 22.3 Å². The molecule has 0 radical (unpaired) electrons. The zero-order chi connectivity index (χ0) is 19.9. The first kappa shape index (κ1) is 19.4. The summed E-state index contributed by atoms with van der Waals surface area (Å²) in [7, 11) is 0. The van der Waals surface area contributed by atoms with Gasteiger partial charge in [0.05, 0.1) is 24.3 Å². The van der Waals surface area contributed by atoms with E-state index in [2.05, 4.69) is 0 Å². The monoisotopic (exact) mass is 374 g/mol. The van der Waals surface area contributed by atoms with Gasteiger partial charge in [0.2, 0.25) is 0 Å². The van der Waals surface area contributed by atoms with Crippen molar-refractivity contribution < 1.29 is 19.1 Å². The van der Waals surface area contributed by atoms with Gasteiger partial charge in [0.25, 0.3) is 0 Å². The minimum Gasteiger partial charge on any atom is -0.462 e. The molecule has 0 saturated heterocycles. The van der Waals surface area contributed by atoms with Gasteiger partial charge in [-0.3, -0.25) is 0 Å². The maximum atomic E-state index is 12.6. The largest absolute Gasteiger partial charge is 0.462 e. The molecule has 4 heteroatoms. The zero-order valence-electron chi connectivity index (χ0n) is 16.0. The lowest BCUT2D eigenvalue weighted by Gasteiger charge is -2.06. The van der Waals surface area contributed by atoms with Crippen LogP contribution in [0, 0.1) is 0 Å². The predicted octanol–water partition coefficient (Wildman–Crippen LogP) is 5.32. The van der Waals surface area contributed by atoms with Gasteiger partial charge in [0.15, 0.2) is 0 Å². The number of hydrogen-bond donors (Lipinski definition) is 0. The van der Waals surface area contributed by atoms with Crippen molar-refractivity contribution in [3.63, 3.8) is 0 Å².